The first kappa shape index (κ1) is 10.1. The molecular formula is C9H8N4O3. The van der Waals surface area contributed by atoms with Crippen molar-refractivity contribution in [3.05, 3.63) is 33.9 Å². The molecule has 0 saturated heterocycles. The van der Waals surface area contributed by atoms with Gasteiger partial charge in [-0.3, -0.25) is 10.1 Å². The average Bonchev–Trinajstić information content (AvgIpc) is 2.64. The highest BCUT2D eigenvalue weighted by atomic mass is 16.6. The lowest BCUT2D eigenvalue weighted by atomic mass is 10.1. The van der Waals surface area contributed by atoms with Gasteiger partial charge in [0.1, 0.15) is 5.56 Å². The van der Waals surface area contributed by atoms with Gasteiger partial charge in [0.2, 0.25) is 0 Å². The first-order valence-electron chi connectivity index (χ1n) is 4.43. The summed E-state index contributed by atoms with van der Waals surface area (Å²) in [5.41, 5.74) is 6.21. The lowest BCUT2D eigenvalue weighted by Crippen LogP contribution is -1.94. The minimum atomic E-state index is -0.497. The number of nitrogens with two attached hydrogens (primary N) is 1. The van der Waals surface area contributed by atoms with Gasteiger partial charge < -0.3 is 10.3 Å². The fourth-order valence-corrected chi connectivity index (χ4v) is 1.42. The van der Waals surface area contributed by atoms with Crippen LogP contribution in [0.3, 0.4) is 0 Å². The second kappa shape index (κ2) is 3.61. The lowest BCUT2D eigenvalue weighted by Gasteiger charge is -2.00. The largest absolute Gasteiger partial charge is 0.365 e. The van der Waals surface area contributed by atoms with Crippen LogP contribution in [-0.4, -0.2) is 15.1 Å². The standard InChI is InChI=1S/C9H8N4O3/c1-5-3-2-4-6(13(14)15)7(5)8-11-9(10)12-16-8/h2-4H,1H3,(H2,10,12). The molecule has 0 amide bonds. The number of aromatic nitrogens is 2. The van der Waals surface area contributed by atoms with E-state index in [1.165, 1.54) is 6.07 Å². The number of benzene rings is 1. The summed E-state index contributed by atoms with van der Waals surface area (Å²) in [7, 11) is 0. The number of rotatable bonds is 2. The molecule has 0 unspecified atom stereocenters. The Morgan fingerprint density at radius 2 is 2.25 bits per heavy atom. The van der Waals surface area contributed by atoms with E-state index in [-0.39, 0.29) is 17.5 Å². The summed E-state index contributed by atoms with van der Waals surface area (Å²) in [4.78, 5) is 14.1. The van der Waals surface area contributed by atoms with Gasteiger partial charge in [-0.2, -0.15) is 4.98 Å². The molecule has 0 radical (unpaired) electrons. The van der Waals surface area contributed by atoms with E-state index in [4.69, 9.17) is 10.3 Å². The van der Waals surface area contributed by atoms with Crippen molar-refractivity contribution >= 4 is 11.6 Å². The van der Waals surface area contributed by atoms with E-state index in [0.29, 0.717) is 11.1 Å². The Morgan fingerprint density at radius 1 is 1.50 bits per heavy atom. The van der Waals surface area contributed by atoms with Crippen LogP contribution in [0.15, 0.2) is 22.7 Å². The number of hydrogen-bond acceptors (Lipinski definition) is 6. The third kappa shape index (κ3) is 1.58. The minimum Gasteiger partial charge on any atom is -0.365 e. The summed E-state index contributed by atoms with van der Waals surface area (Å²) in [5, 5.41) is 14.2. The van der Waals surface area contributed by atoms with Gasteiger partial charge in [-0.05, 0) is 17.6 Å². The first-order valence-corrected chi connectivity index (χ1v) is 4.43. The Bertz CT molecular complexity index is 549. The monoisotopic (exact) mass is 220 g/mol. The van der Waals surface area contributed by atoms with E-state index in [1.54, 1.807) is 19.1 Å². The molecule has 0 saturated carbocycles. The summed E-state index contributed by atoms with van der Waals surface area (Å²) in [6.45, 7) is 1.72. The van der Waals surface area contributed by atoms with E-state index in [0.717, 1.165) is 0 Å². The minimum absolute atomic E-state index is 0.0486. The molecule has 2 N–H and O–H groups in total. The maximum Gasteiger partial charge on any atom is 0.282 e. The van der Waals surface area contributed by atoms with Crippen LogP contribution in [0.1, 0.15) is 5.56 Å². The van der Waals surface area contributed by atoms with Crippen molar-refractivity contribution in [2.24, 2.45) is 0 Å². The van der Waals surface area contributed by atoms with Crippen LogP contribution in [0.2, 0.25) is 0 Å². The second-order valence-electron chi connectivity index (χ2n) is 3.18. The zero-order valence-corrected chi connectivity index (χ0v) is 8.38. The molecule has 0 spiro atoms. The molecule has 2 rings (SSSR count). The molecule has 7 nitrogen and oxygen atoms in total. The molecule has 0 bridgehead atoms. The van der Waals surface area contributed by atoms with Gasteiger partial charge in [-0.15, -0.1) is 0 Å². The topological polar surface area (TPSA) is 108 Å². The Kier molecular flexibility index (Phi) is 2.28. The van der Waals surface area contributed by atoms with Gasteiger partial charge in [0, 0.05) is 6.07 Å². The maximum atomic E-state index is 10.8. The summed E-state index contributed by atoms with van der Waals surface area (Å²) in [6, 6.07) is 4.70. The fourth-order valence-electron chi connectivity index (χ4n) is 1.42. The van der Waals surface area contributed by atoms with Gasteiger partial charge >= 0.3 is 0 Å². The van der Waals surface area contributed by atoms with Gasteiger partial charge in [-0.25, -0.2) is 0 Å². The number of nitrogen functional groups attached to an aromatic ring is 1. The number of hydrogen-bond donors (Lipinski definition) is 1. The van der Waals surface area contributed by atoms with Crippen LogP contribution in [0, 0.1) is 17.0 Å². The molecule has 0 aliphatic heterocycles. The van der Waals surface area contributed by atoms with Crippen LogP contribution in [0.25, 0.3) is 11.5 Å². The molecule has 0 aliphatic carbocycles. The summed E-state index contributed by atoms with van der Waals surface area (Å²) >= 11 is 0. The van der Waals surface area contributed by atoms with Crippen molar-refractivity contribution in [3.63, 3.8) is 0 Å². The third-order valence-corrected chi connectivity index (χ3v) is 2.10. The molecule has 1 heterocycles. The van der Waals surface area contributed by atoms with E-state index in [1.807, 2.05) is 0 Å². The van der Waals surface area contributed by atoms with E-state index in [9.17, 15) is 10.1 Å². The number of nitro benzene ring substituents is 1. The van der Waals surface area contributed by atoms with Gasteiger partial charge in [-0.1, -0.05) is 12.1 Å². The molecule has 82 valence electrons. The molecule has 1 aromatic carbocycles. The van der Waals surface area contributed by atoms with Crippen molar-refractivity contribution < 1.29 is 9.45 Å². The fraction of sp³-hybridized carbons (Fsp3) is 0.111. The lowest BCUT2D eigenvalue weighted by molar-refractivity contribution is -0.384. The van der Waals surface area contributed by atoms with Crippen molar-refractivity contribution in [3.8, 4) is 11.5 Å². The Morgan fingerprint density at radius 3 is 2.81 bits per heavy atom. The number of aryl methyl sites for hydroxylation is 1. The van der Waals surface area contributed by atoms with Crippen LogP contribution in [0.4, 0.5) is 11.6 Å². The highest BCUT2D eigenvalue weighted by Crippen LogP contribution is 2.31. The quantitative estimate of drug-likeness (QED) is 0.607. The van der Waals surface area contributed by atoms with Gasteiger partial charge in [0.05, 0.1) is 4.92 Å². The van der Waals surface area contributed by atoms with E-state index in [2.05, 4.69) is 10.1 Å². The highest BCUT2D eigenvalue weighted by molar-refractivity contribution is 5.70. The smallest absolute Gasteiger partial charge is 0.282 e. The molecule has 0 atom stereocenters. The Labute approximate surface area is 90.0 Å². The molecule has 1 aromatic heterocycles. The van der Waals surface area contributed by atoms with Gasteiger partial charge in [0.15, 0.2) is 0 Å². The van der Waals surface area contributed by atoms with E-state index < -0.39 is 4.92 Å². The molecule has 0 fully saturated rings. The van der Waals surface area contributed by atoms with Crippen LogP contribution in [-0.2, 0) is 0 Å². The number of nitrogens with zero attached hydrogens (tertiary/aromatic N) is 3. The summed E-state index contributed by atoms with van der Waals surface area (Å²) < 4.78 is 4.83. The number of anilines is 1. The van der Waals surface area contributed by atoms with Gasteiger partial charge in [0.25, 0.3) is 17.5 Å². The Hall–Kier alpha value is -2.44. The SMILES string of the molecule is Cc1cccc([N+](=O)[O-])c1-c1nc(N)no1. The molecular weight excluding hydrogens is 212 g/mol. The third-order valence-electron chi connectivity index (χ3n) is 2.10. The van der Waals surface area contributed by atoms with Crippen LogP contribution < -0.4 is 5.73 Å². The zero-order valence-electron chi connectivity index (χ0n) is 8.38. The molecule has 0 aliphatic rings. The molecule has 7 heteroatoms. The van der Waals surface area contributed by atoms with Crippen LogP contribution in [0.5, 0.6) is 0 Å². The maximum absolute atomic E-state index is 10.8. The van der Waals surface area contributed by atoms with Crippen molar-refractivity contribution in [2.45, 2.75) is 6.92 Å². The van der Waals surface area contributed by atoms with Crippen molar-refractivity contribution in [2.75, 3.05) is 5.73 Å². The predicted octanol–water partition coefficient (Wildman–Crippen LogP) is 1.54. The number of nitro groups is 1. The van der Waals surface area contributed by atoms with Crippen molar-refractivity contribution in [1.29, 1.82) is 0 Å². The van der Waals surface area contributed by atoms with E-state index >= 15 is 0 Å². The van der Waals surface area contributed by atoms with Crippen LogP contribution >= 0.6 is 0 Å². The predicted molar refractivity (Wildman–Crippen MR) is 55.5 cm³/mol. The summed E-state index contributed by atoms with van der Waals surface area (Å²) in [5.74, 6) is 0.00912. The average molecular weight is 220 g/mol. The first-order chi connectivity index (χ1) is 7.59. The molecule has 2 aromatic rings. The van der Waals surface area contributed by atoms with Crippen molar-refractivity contribution in [1.82, 2.24) is 10.1 Å². The molecule has 16 heavy (non-hydrogen) atoms. The second-order valence-corrected chi connectivity index (χ2v) is 3.18. The Balaban J connectivity index is 2.67. The highest BCUT2D eigenvalue weighted by Gasteiger charge is 2.21. The summed E-state index contributed by atoms with van der Waals surface area (Å²) in [6.07, 6.45) is 0. The normalized spacial score (nSPS) is 10.3. The zero-order chi connectivity index (χ0) is 11.7.